The topological polar surface area (TPSA) is 46.5 Å². The first-order valence-corrected chi connectivity index (χ1v) is 14.9. The SMILES string of the molecule is C[CH2][SnH]([CH3])[CH3].O=C(O)COc1ccc(Cl)cc1. The van der Waals surface area contributed by atoms with E-state index in [1.54, 1.807) is 24.3 Å². The monoisotopic (exact) mass is 366 g/mol. The van der Waals surface area contributed by atoms with E-state index in [1.807, 2.05) is 0 Å². The minimum Gasteiger partial charge on any atom is -0.482 e. The van der Waals surface area contributed by atoms with E-state index in [9.17, 15) is 4.79 Å². The molecule has 96 valence electrons. The zero-order chi connectivity index (χ0) is 13.3. The number of rotatable bonds is 4. The molecule has 0 saturated carbocycles. The molecule has 0 aromatic heterocycles. The van der Waals surface area contributed by atoms with Crippen molar-refractivity contribution in [1.29, 1.82) is 0 Å². The van der Waals surface area contributed by atoms with Crippen LogP contribution in [0, 0.1) is 0 Å². The number of aliphatic carboxylic acids is 1. The molecule has 0 spiro atoms. The molecule has 1 N–H and O–H groups in total. The van der Waals surface area contributed by atoms with Crippen molar-refractivity contribution in [2.24, 2.45) is 0 Å². The maximum absolute atomic E-state index is 10.1. The molecular weight excluding hydrogens is 346 g/mol. The first-order chi connectivity index (χ1) is 7.95. The van der Waals surface area contributed by atoms with Crippen molar-refractivity contribution in [1.82, 2.24) is 0 Å². The maximum Gasteiger partial charge on any atom is 0.341 e. The first-order valence-electron chi connectivity index (χ1n) is 5.55. The van der Waals surface area contributed by atoms with Gasteiger partial charge in [-0.3, -0.25) is 0 Å². The predicted molar refractivity (Wildman–Crippen MR) is 73.9 cm³/mol. The molecular formula is C12H19ClO3Sn. The molecule has 0 amide bonds. The number of carboxylic acids is 1. The zero-order valence-electron chi connectivity index (χ0n) is 10.4. The summed E-state index contributed by atoms with van der Waals surface area (Å²) in [5.41, 5.74) is 0. The number of hydrogen-bond donors (Lipinski definition) is 1. The zero-order valence-corrected chi connectivity index (χ0v) is 14.5. The van der Waals surface area contributed by atoms with Crippen LogP contribution in [0.3, 0.4) is 0 Å². The average Bonchev–Trinajstić information content (AvgIpc) is 2.29. The summed E-state index contributed by atoms with van der Waals surface area (Å²) in [7, 11) is 0. The van der Waals surface area contributed by atoms with Gasteiger partial charge in [0.2, 0.25) is 0 Å². The van der Waals surface area contributed by atoms with Crippen LogP contribution >= 0.6 is 11.6 Å². The van der Waals surface area contributed by atoms with Gasteiger partial charge in [0.25, 0.3) is 0 Å². The van der Waals surface area contributed by atoms with E-state index in [2.05, 4.69) is 16.8 Å². The largest absolute Gasteiger partial charge is 0.482 e. The molecule has 0 heterocycles. The molecule has 3 nitrogen and oxygen atoms in total. The summed E-state index contributed by atoms with van der Waals surface area (Å²) < 4.78 is 6.38. The molecule has 0 saturated heterocycles. The summed E-state index contributed by atoms with van der Waals surface area (Å²) in [5.74, 6) is -0.494. The van der Waals surface area contributed by atoms with Gasteiger partial charge in [-0.15, -0.1) is 0 Å². The molecule has 0 bridgehead atoms. The standard InChI is InChI=1S/C8H7ClO3.C2H5.2CH3.Sn.H/c9-6-1-3-7(4-2-6)12-5-8(10)11;1-2;;;;/h1-4H,5H2,(H,10,11);1H2,2H3;2*1H3;;. The van der Waals surface area contributed by atoms with Crippen LogP contribution in [0.1, 0.15) is 6.92 Å². The molecule has 5 heteroatoms. The van der Waals surface area contributed by atoms with E-state index in [1.165, 1.54) is 4.44 Å². The van der Waals surface area contributed by atoms with Crippen molar-refractivity contribution in [3.05, 3.63) is 29.3 Å². The Morgan fingerprint density at radius 2 is 1.82 bits per heavy atom. The summed E-state index contributed by atoms with van der Waals surface area (Å²) in [4.78, 5) is 15.0. The molecule has 0 unspecified atom stereocenters. The van der Waals surface area contributed by atoms with Gasteiger partial charge in [-0.2, -0.15) is 0 Å². The molecule has 0 radical (unpaired) electrons. The van der Waals surface area contributed by atoms with Crippen molar-refractivity contribution >= 4 is 37.3 Å². The maximum atomic E-state index is 10.1. The average molecular weight is 365 g/mol. The predicted octanol–water partition coefficient (Wildman–Crippen LogP) is 3.30. The van der Waals surface area contributed by atoms with Gasteiger partial charge in [0, 0.05) is 5.02 Å². The van der Waals surface area contributed by atoms with Crippen LogP contribution in [-0.2, 0) is 4.79 Å². The van der Waals surface area contributed by atoms with Gasteiger partial charge in [0.15, 0.2) is 6.61 Å². The number of carboxylic acid groups (broad SMARTS) is 1. The number of benzene rings is 1. The normalized spacial score (nSPS) is 9.47. The summed E-state index contributed by atoms with van der Waals surface area (Å²) in [6, 6.07) is 6.51. The van der Waals surface area contributed by atoms with Crippen LogP contribution in [0.15, 0.2) is 24.3 Å². The van der Waals surface area contributed by atoms with Crippen LogP contribution in [0.25, 0.3) is 0 Å². The minimum absolute atomic E-state index is 0.332. The Bertz CT molecular complexity index is 325. The fraction of sp³-hybridized carbons (Fsp3) is 0.417. The second-order valence-electron chi connectivity index (χ2n) is 3.94. The van der Waals surface area contributed by atoms with E-state index >= 15 is 0 Å². The quantitative estimate of drug-likeness (QED) is 0.833. The minimum atomic E-state index is -0.995. The van der Waals surface area contributed by atoms with E-state index in [0.29, 0.717) is 10.8 Å². The second-order valence-corrected chi connectivity index (χ2v) is 14.7. The summed E-state index contributed by atoms with van der Waals surface area (Å²) >= 11 is 4.92. The number of hydrogen-bond acceptors (Lipinski definition) is 2. The third-order valence-electron chi connectivity index (χ3n) is 1.99. The molecule has 0 fully saturated rings. The van der Waals surface area contributed by atoms with Crippen molar-refractivity contribution in [3.8, 4) is 5.75 Å². The molecule has 0 aliphatic rings. The van der Waals surface area contributed by atoms with Crippen LogP contribution < -0.4 is 4.74 Å². The number of ether oxygens (including phenoxy) is 1. The summed E-state index contributed by atoms with van der Waals surface area (Å²) in [6.45, 7) is 1.96. The van der Waals surface area contributed by atoms with Gasteiger partial charge in [-0.1, -0.05) is 11.6 Å². The van der Waals surface area contributed by atoms with Crippen molar-refractivity contribution in [2.75, 3.05) is 6.61 Å². The molecule has 0 aliphatic carbocycles. The van der Waals surface area contributed by atoms with Crippen LogP contribution in [-0.4, -0.2) is 37.4 Å². The van der Waals surface area contributed by atoms with Crippen LogP contribution in [0.2, 0.25) is 19.3 Å². The van der Waals surface area contributed by atoms with Crippen molar-refractivity contribution in [3.63, 3.8) is 0 Å². The Morgan fingerprint density at radius 1 is 1.35 bits per heavy atom. The van der Waals surface area contributed by atoms with E-state index < -0.39 is 25.7 Å². The van der Waals surface area contributed by atoms with Gasteiger partial charge in [0.05, 0.1) is 0 Å². The number of carbonyl (C=O) groups is 1. The molecule has 17 heavy (non-hydrogen) atoms. The molecule has 0 atom stereocenters. The van der Waals surface area contributed by atoms with Gasteiger partial charge in [-0.05, 0) is 24.3 Å². The van der Waals surface area contributed by atoms with E-state index in [4.69, 9.17) is 21.4 Å². The molecule has 1 aromatic rings. The fourth-order valence-corrected chi connectivity index (χ4v) is 0.802. The van der Waals surface area contributed by atoms with E-state index in [-0.39, 0.29) is 6.61 Å². The molecule has 1 aromatic carbocycles. The van der Waals surface area contributed by atoms with E-state index in [0.717, 1.165) is 0 Å². The fourth-order valence-electron chi connectivity index (χ4n) is 0.676. The summed E-state index contributed by atoms with van der Waals surface area (Å²) in [5, 5.41) is 8.87. The van der Waals surface area contributed by atoms with Crippen LogP contribution in [0.5, 0.6) is 5.75 Å². The third-order valence-corrected chi connectivity index (χ3v) is 6.91. The van der Waals surface area contributed by atoms with Gasteiger partial charge >= 0.3 is 47.0 Å². The first kappa shape index (κ1) is 16.6. The Balaban J connectivity index is 0.000000437. The summed E-state index contributed by atoms with van der Waals surface area (Å²) in [6.07, 6.45) is 0. The Kier molecular flexibility index (Phi) is 9.35. The van der Waals surface area contributed by atoms with Crippen molar-refractivity contribution in [2.45, 2.75) is 21.2 Å². The second kappa shape index (κ2) is 9.59. The Hall–Kier alpha value is -0.421. The molecule has 1 rings (SSSR count). The molecule has 0 aliphatic heterocycles. The van der Waals surface area contributed by atoms with Crippen LogP contribution in [0.4, 0.5) is 0 Å². The smallest absolute Gasteiger partial charge is 0.341 e. The third kappa shape index (κ3) is 10.5. The van der Waals surface area contributed by atoms with Gasteiger partial charge in [-0.25, -0.2) is 4.79 Å². The Morgan fingerprint density at radius 3 is 2.18 bits per heavy atom. The van der Waals surface area contributed by atoms with Crippen molar-refractivity contribution < 1.29 is 14.6 Å². The number of halogens is 1. The van der Waals surface area contributed by atoms with Gasteiger partial charge in [0.1, 0.15) is 5.75 Å². The van der Waals surface area contributed by atoms with Gasteiger partial charge < -0.3 is 9.84 Å². The Labute approximate surface area is 114 Å².